The molecule has 1 aliphatic heterocycles. The van der Waals surface area contributed by atoms with Gasteiger partial charge in [0.15, 0.2) is 0 Å². The van der Waals surface area contributed by atoms with E-state index < -0.39 is 0 Å². The number of rotatable bonds is 6. The van der Waals surface area contributed by atoms with Crippen LogP contribution in [0.25, 0.3) is 0 Å². The van der Waals surface area contributed by atoms with E-state index in [9.17, 15) is 9.59 Å². The fourth-order valence-corrected chi connectivity index (χ4v) is 2.02. The lowest BCUT2D eigenvalue weighted by Crippen LogP contribution is -2.53. The number of anilines is 2. The first-order valence-electron chi connectivity index (χ1n) is 6.34. The van der Waals surface area contributed by atoms with Gasteiger partial charge in [0.2, 0.25) is 12.3 Å². The molecule has 0 aliphatic carbocycles. The van der Waals surface area contributed by atoms with E-state index in [0.29, 0.717) is 30.0 Å². The SMILES string of the molecule is COC1CN(CC(=O)Nc2cnc(C)c(NC=O)c2)C1. The Kier molecular flexibility index (Phi) is 4.65. The Hall–Kier alpha value is -1.99. The molecule has 0 saturated carbocycles. The summed E-state index contributed by atoms with van der Waals surface area (Å²) in [7, 11) is 1.67. The molecule has 20 heavy (non-hydrogen) atoms. The third-order valence-corrected chi connectivity index (χ3v) is 3.21. The van der Waals surface area contributed by atoms with Crippen molar-refractivity contribution in [1.29, 1.82) is 0 Å². The highest BCUT2D eigenvalue weighted by Gasteiger charge is 2.27. The summed E-state index contributed by atoms with van der Waals surface area (Å²) in [5, 5.41) is 5.30. The molecule has 0 aromatic carbocycles. The average Bonchev–Trinajstić information content (AvgIpc) is 2.37. The number of hydrogen-bond acceptors (Lipinski definition) is 5. The second-order valence-electron chi connectivity index (χ2n) is 4.72. The van der Waals surface area contributed by atoms with Crippen molar-refractivity contribution < 1.29 is 14.3 Å². The van der Waals surface area contributed by atoms with Crippen molar-refractivity contribution in [3.63, 3.8) is 0 Å². The number of aromatic nitrogens is 1. The van der Waals surface area contributed by atoms with Crippen molar-refractivity contribution >= 4 is 23.7 Å². The Morgan fingerprint density at radius 1 is 1.60 bits per heavy atom. The van der Waals surface area contributed by atoms with Crippen molar-refractivity contribution in [2.75, 3.05) is 37.4 Å². The number of amides is 2. The summed E-state index contributed by atoms with van der Waals surface area (Å²) >= 11 is 0. The molecule has 0 spiro atoms. The van der Waals surface area contributed by atoms with Crippen LogP contribution in [0.3, 0.4) is 0 Å². The fourth-order valence-electron chi connectivity index (χ4n) is 2.02. The minimum Gasteiger partial charge on any atom is -0.379 e. The Bertz CT molecular complexity index is 500. The molecule has 7 nitrogen and oxygen atoms in total. The molecule has 0 atom stereocenters. The second-order valence-corrected chi connectivity index (χ2v) is 4.72. The molecule has 108 valence electrons. The van der Waals surface area contributed by atoms with Gasteiger partial charge >= 0.3 is 0 Å². The lowest BCUT2D eigenvalue weighted by molar-refractivity contribution is -0.120. The molecule has 1 aromatic rings. The predicted octanol–water partition coefficient (Wildman–Crippen LogP) is 0.227. The topological polar surface area (TPSA) is 83.6 Å². The molecule has 2 rings (SSSR count). The highest BCUT2D eigenvalue weighted by Crippen LogP contribution is 2.17. The fraction of sp³-hybridized carbons (Fsp3) is 0.462. The zero-order valence-electron chi connectivity index (χ0n) is 11.5. The quantitative estimate of drug-likeness (QED) is 0.728. The second kappa shape index (κ2) is 6.44. The van der Waals surface area contributed by atoms with Crippen LogP contribution >= 0.6 is 0 Å². The zero-order chi connectivity index (χ0) is 14.5. The molecule has 1 aliphatic rings. The van der Waals surface area contributed by atoms with Crippen molar-refractivity contribution in [3.8, 4) is 0 Å². The number of carbonyl (C=O) groups is 2. The number of nitrogens with one attached hydrogen (secondary N) is 2. The van der Waals surface area contributed by atoms with Gasteiger partial charge in [0.25, 0.3) is 0 Å². The first-order valence-corrected chi connectivity index (χ1v) is 6.34. The van der Waals surface area contributed by atoms with Crippen LogP contribution in [0, 0.1) is 6.92 Å². The number of methoxy groups -OCH3 is 1. The number of pyridine rings is 1. The van der Waals surface area contributed by atoms with E-state index in [-0.39, 0.29) is 12.0 Å². The van der Waals surface area contributed by atoms with Crippen molar-refractivity contribution in [2.45, 2.75) is 13.0 Å². The first-order chi connectivity index (χ1) is 9.62. The average molecular weight is 278 g/mol. The Morgan fingerprint density at radius 2 is 2.35 bits per heavy atom. The third kappa shape index (κ3) is 3.52. The standard InChI is InChI=1S/C13H18N4O3/c1-9-12(15-8-18)3-10(4-14-9)16-13(19)7-17-5-11(6-17)20-2/h3-4,8,11H,5-7H2,1-2H3,(H,15,18)(H,16,19). The van der Waals surface area contributed by atoms with Crippen LogP contribution in [-0.4, -0.2) is 55.0 Å². The third-order valence-electron chi connectivity index (χ3n) is 3.21. The van der Waals surface area contributed by atoms with Gasteiger partial charge in [0.05, 0.1) is 35.9 Å². The monoisotopic (exact) mass is 278 g/mol. The lowest BCUT2D eigenvalue weighted by Gasteiger charge is -2.37. The molecule has 0 bridgehead atoms. The summed E-state index contributed by atoms with van der Waals surface area (Å²) in [6.07, 6.45) is 2.38. The smallest absolute Gasteiger partial charge is 0.238 e. The van der Waals surface area contributed by atoms with Crippen LogP contribution < -0.4 is 10.6 Å². The number of ether oxygens (including phenoxy) is 1. The van der Waals surface area contributed by atoms with Gasteiger partial charge in [-0.05, 0) is 13.0 Å². The van der Waals surface area contributed by atoms with E-state index in [0.717, 1.165) is 13.1 Å². The van der Waals surface area contributed by atoms with Gasteiger partial charge in [-0.3, -0.25) is 19.5 Å². The van der Waals surface area contributed by atoms with Crippen LogP contribution in [0.1, 0.15) is 5.69 Å². The van der Waals surface area contributed by atoms with Crippen LogP contribution in [-0.2, 0) is 14.3 Å². The molecule has 2 heterocycles. The maximum absolute atomic E-state index is 11.9. The molecular formula is C13H18N4O3. The summed E-state index contributed by atoms with van der Waals surface area (Å²) in [6, 6.07) is 1.68. The Labute approximate surface area is 117 Å². The van der Waals surface area contributed by atoms with Crippen molar-refractivity contribution in [2.24, 2.45) is 0 Å². The minimum absolute atomic E-state index is 0.109. The number of aryl methyl sites for hydroxylation is 1. The van der Waals surface area contributed by atoms with E-state index in [2.05, 4.69) is 15.6 Å². The normalized spacial score (nSPS) is 15.5. The van der Waals surface area contributed by atoms with Gasteiger partial charge in [0.1, 0.15) is 0 Å². The van der Waals surface area contributed by atoms with Gasteiger partial charge in [-0.1, -0.05) is 0 Å². The summed E-state index contributed by atoms with van der Waals surface area (Å²) in [5.41, 5.74) is 1.84. The van der Waals surface area contributed by atoms with E-state index in [1.165, 1.54) is 0 Å². The Balaban J connectivity index is 1.88. The number of hydrogen-bond donors (Lipinski definition) is 2. The van der Waals surface area contributed by atoms with Crippen molar-refractivity contribution in [3.05, 3.63) is 18.0 Å². The molecule has 1 aromatic heterocycles. The molecule has 1 fully saturated rings. The molecule has 0 unspecified atom stereocenters. The van der Waals surface area contributed by atoms with E-state index in [4.69, 9.17) is 4.74 Å². The molecular weight excluding hydrogens is 260 g/mol. The molecule has 0 radical (unpaired) electrons. The summed E-state index contributed by atoms with van der Waals surface area (Å²) in [5.74, 6) is -0.109. The highest BCUT2D eigenvalue weighted by molar-refractivity contribution is 5.93. The van der Waals surface area contributed by atoms with Crippen LogP contribution in [0.4, 0.5) is 11.4 Å². The lowest BCUT2D eigenvalue weighted by atomic mass is 10.1. The predicted molar refractivity (Wildman–Crippen MR) is 74.5 cm³/mol. The van der Waals surface area contributed by atoms with E-state index >= 15 is 0 Å². The summed E-state index contributed by atoms with van der Waals surface area (Å²) in [6.45, 7) is 3.65. The Morgan fingerprint density at radius 3 is 3.00 bits per heavy atom. The molecule has 2 amide bonds. The van der Waals surface area contributed by atoms with Crippen LogP contribution in [0.15, 0.2) is 12.3 Å². The van der Waals surface area contributed by atoms with Crippen molar-refractivity contribution in [1.82, 2.24) is 9.88 Å². The van der Waals surface area contributed by atoms with E-state index in [1.807, 2.05) is 4.90 Å². The zero-order valence-corrected chi connectivity index (χ0v) is 11.5. The molecule has 7 heteroatoms. The summed E-state index contributed by atoms with van der Waals surface area (Å²) in [4.78, 5) is 28.4. The maximum Gasteiger partial charge on any atom is 0.238 e. The van der Waals surface area contributed by atoms with Gasteiger partial charge in [-0.15, -0.1) is 0 Å². The highest BCUT2D eigenvalue weighted by atomic mass is 16.5. The molecule has 2 N–H and O–H groups in total. The first kappa shape index (κ1) is 14.4. The van der Waals surface area contributed by atoms with Gasteiger partial charge in [-0.2, -0.15) is 0 Å². The van der Waals surface area contributed by atoms with Gasteiger partial charge in [-0.25, -0.2) is 0 Å². The minimum atomic E-state index is -0.109. The molecule has 1 saturated heterocycles. The van der Waals surface area contributed by atoms with Gasteiger partial charge < -0.3 is 15.4 Å². The van der Waals surface area contributed by atoms with E-state index in [1.54, 1.807) is 26.3 Å². The number of carbonyl (C=O) groups excluding carboxylic acids is 2. The largest absolute Gasteiger partial charge is 0.379 e. The van der Waals surface area contributed by atoms with Crippen LogP contribution in [0.2, 0.25) is 0 Å². The number of nitrogens with zero attached hydrogens (tertiary/aromatic N) is 2. The maximum atomic E-state index is 11.9. The van der Waals surface area contributed by atoms with Gasteiger partial charge in [0, 0.05) is 20.2 Å². The number of likely N-dealkylation sites (tertiary alicyclic amines) is 1. The summed E-state index contributed by atoms with van der Waals surface area (Å²) < 4.78 is 5.15. The van der Waals surface area contributed by atoms with Crippen LogP contribution in [0.5, 0.6) is 0 Å².